The first-order chi connectivity index (χ1) is 9.45. The fourth-order valence-electron chi connectivity index (χ4n) is 1.97. The lowest BCUT2D eigenvalue weighted by atomic mass is 9.86. The number of nitrogens with one attached hydrogen (secondary N) is 2. The number of carbonyl (C=O) groups is 1. The van der Waals surface area contributed by atoms with Gasteiger partial charge in [0, 0.05) is 25.9 Å². The van der Waals surface area contributed by atoms with Crippen LogP contribution in [0.3, 0.4) is 0 Å². The normalized spacial score (nSPS) is 11.2. The van der Waals surface area contributed by atoms with Crippen LogP contribution in [-0.2, 0) is 14.9 Å². The molecule has 1 amide bonds. The van der Waals surface area contributed by atoms with Crippen LogP contribution in [0.1, 0.15) is 32.8 Å². The van der Waals surface area contributed by atoms with Crippen LogP contribution in [0, 0.1) is 0 Å². The summed E-state index contributed by atoms with van der Waals surface area (Å²) < 4.78 is 4.94. The molecule has 0 saturated heterocycles. The minimum Gasteiger partial charge on any atom is -0.385 e. The van der Waals surface area contributed by atoms with E-state index in [1.165, 1.54) is 5.56 Å². The first kappa shape index (κ1) is 16.5. The molecule has 0 spiro atoms. The zero-order valence-electron chi connectivity index (χ0n) is 13.0. The number of para-hydroxylation sites is 1. The molecule has 0 radical (unpaired) electrons. The van der Waals surface area contributed by atoms with Crippen molar-refractivity contribution in [1.82, 2.24) is 5.32 Å². The first-order valence-corrected chi connectivity index (χ1v) is 7.04. The van der Waals surface area contributed by atoms with E-state index < -0.39 is 0 Å². The number of amides is 1. The smallest absolute Gasteiger partial charge is 0.239 e. The lowest BCUT2D eigenvalue weighted by Crippen LogP contribution is -2.31. The van der Waals surface area contributed by atoms with E-state index in [2.05, 4.69) is 37.5 Å². The van der Waals surface area contributed by atoms with Gasteiger partial charge in [-0.15, -0.1) is 0 Å². The summed E-state index contributed by atoms with van der Waals surface area (Å²) in [6, 6.07) is 8.11. The Kier molecular flexibility index (Phi) is 6.52. The van der Waals surface area contributed by atoms with Gasteiger partial charge in [-0.05, 0) is 23.5 Å². The van der Waals surface area contributed by atoms with Gasteiger partial charge in [0.15, 0.2) is 0 Å². The van der Waals surface area contributed by atoms with Gasteiger partial charge in [-0.25, -0.2) is 0 Å². The van der Waals surface area contributed by atoms with E-state index in [9.17, 15) is 4.79 Å². The van der Waals surface area contributed by atoms with Crippen LogP contribution in [0.5, 0.6) is 0 Å². The second-order valence-corrected chi connectivity index (χ2v) is 5.85. The molecular formula is C16H26N2O2. The van der Waals surface area contributed by atoms with Crippen molar-refractivity contribution < 1.29 is 9.53 Å². The van der Waals surface area contributed by atoms with Gasteiger partial charge in [-0.3, -0.25) is 4.79 Å². The van der Waals surface area contributed by atoms with Gasteiger partial charge in [0.25, 0.3) is 0 Å². The fourth-order valence-corrected chi connectivity index (χ4v) is 1.97. The van der Waals surface area contributed by atoms with Crippen molar-refractivity contribution in [3.05, 3.63) is 29.8 Å². The van der Waals surface area contributed by atoms with E-state index in [0.717, 1.165) is 12.1 Å². The van der Waals surface area contributed by atoms with Crippen LogP contribution in [-0.4, -0.2) is 32.7 Å². The van der Waals surface area contributed by atoms with Crippen LogP contribution in [0.2, 0.25) is 0 Å². The highest BCUT2D eigenvalue weighted by atomic mass is 16.5. The summed E-state index contributed by atoms with van der Waals surface area (Å²) in [6.45, 7) is 8.10. The third-order valence-corrected chi connectivity index (χ3v) is 3.02. The molecule has 0 unspecified atom stereocenters. The van der Waals surface area contributed by atoms with Crippen LogP contribution in [0.4, 0.5) is 5.69 Å². The van der Waals surface area contributed by atoms with E-state index in [1.54, 1.807) is 7.11 Å². The number of ether oxygens (including phenoxy) is 1. The van der Waals surface area contributed by atoms with Crippen molar-refractivity contribution in [3.8, 4) is 0 Å². The zero-order valence-corrected chi connectivity index (χ0v) is 13.0. The quantitative estimate of drug-likeness (QED) is 0.754. The van der Waals surface area contributed by atoms with E-state index in [4.69, 9.17) is 4.74 Å². The second kappa shape index (κ2) is 7.90. The molecule has 0 aliphatic heterocycles. The molecule has 0 aromatic heterocycles. The van der Waals surface area contributed by atoms with E-state index in [1.807, 2.05) is 18.2 Å². The second-order valence-electron chi connectivity index (χ2n) is 5.85. The predicted molar refractivity (Wildman–Crippen MR) is 83.1 cm³/mol. The summed E-state index contributed by atoms with van der Waals surface area (Å²) in [4.78, 5) is 11.7. The van der Waals surface area contributed by atoms with E-state index in [0.29, 0.717) is 19.7 Å². The number of hydrogen-bond acceptors (Lipinski definition) is 3. The largest absolute Gasteiger partial charge is 0.385 e. The minimum atomic E-state index is 0.00446. The highest BCUT2D eigenvalue weighted by molar-refractivity contribution is 5.81. The maximum absolute atomic E-state index is 11.7. The molecule has 112 valence electrons. The van der Waals surface area contributed by atoms with Gasteiger partial charge < -0.3 is 15.4 Å². The molecule has 1 rings (SSSR count). The molecule has 0 aliphatic carbocycles. The Morgan fingerprint density at radius 3 is 2.60 bits per heavy atom. The Morgan fingerprint density at radius 1 is 1.25 bits per heavy atom. The Bertz CT molecular complexity index is 425. The van der Waals surface area contributed by atoms with Gasteiger partial charge in [0.1, 0.15) is 0 Å². The number of methoxy groups -OCH3 is 1. The van der Waals surface area contributed by atoms with Gasteiger partial charge in [0.05, 0.1) is 6.54 Å². The maximum Gasteiger partial charge on any atom is 0.239 e. The molecule has 0 bridgehead atoms. The van der Waals surface area contributed by atoms with Gasteiger partial charge >= 0.3 is 0 Å². The lowest BCUT2D eigenvalue weighted by Gasteiger charge is -2.23. The molecule has 4 heteroatoms. The molecule has 0 aliphatic rings. The fraction of sp³-hybridized carbons (Fsp3) is 0.562. The number of rotatable bonds is 7. The summed E-state index contributed by atoms with van der Waals surface area (Å²) in [5.74, 6) is 0.00446. The van der Waals surface area contributed by atoms with Crippen molar-refractivity contribution in [1.29, 1.82) is 0 Å². The summed E-state index contributed by atoms with van der Waals surface area (Å²) in [5.41, 5.74) is 2.29. The molecule has 1 aromatic rings. The molecule has 2 N–H and O–H groups in total. The van der Waals surface area contributed by atoms with Crippen molar-refractivity contribution in [2.45, 2.75) is 32.6 Å². The number of hydrogen-bond donors (Lipinski definition) is 2. The highest BCUT2D eigenvalue weighted by Gasteiger charge is 2.17. The van der Waals surface area contributed by atoms with Crippen LogP contribution in [0.25, 0.3) is 0 Å². The number of carbonyl (C=O) groups excluding carboxylic acids is 1. The van der Waals surface area contributed by atoms with Crippen LogP contribution in [0.15, 0.2) is 24.3 Å². The average Bonchev–Trinajstić information content (AvgIpc) is 2.40. The number of anilines is 1. The third kappa shape index (κ3) is 5.61. The van der Waals surface area contributed by atoms with Gasteiger partial charge in [0.2, 0.25) is 5.91 Å². The standard InChI is InChI=1S/C16H26N2O2/c1-16(2,3)13-8-5-6-9-14(13)18-12-15(19)17-10-7-11-20-4/h5-6,8-9,18H,7,10-12H2,1-4H3,(H,17,19). The van der Waals surface area contributed by atoms with Crippen LogP contribution >= 0.6 is 0 Å². The summed E-state index contributed by atoms with van der Waals surface area (Å²) in [6.07, 6.45) is 0.834. The maximum atomic E-state index is 11.7. The minimum absolute atomic E-state index is 0.00446. The Morgan fingerprint density at radius 2 is 1.95 bits per heavy atom. The van der Waals surface area contributed by atoms with Gasteiger partial charge in [-0.1, -0.05) is 39.0 Å². The molecule has 4 nitrogen and oxygen atoms in total. The van der Waals surface area contributed by atoms with E-state index in [-0.39, 0.29) is 11.3 Å². The van der Waals surface area contributed by atoms with Crippen molar-refractivity contribution in [2.75, 3.05) is 32.1 Å². The summed E-state index contributed by atoms with van der Waals surface area (Å²) >= 11 is 0. The Balaban J connectivity index is 2.48. The van der Waals surface area contributed by atoms with Crippen molar-refractivity contribution in [2.24, 2.45) is 0 Å². The highest BCUT2D eigenvalue weighted by Crippen LogP contribution is 2.28. The molecule has 0 fully saturated rings. The SMILES string of the molecule is COCCCNC(=O)CNc1ccccc1C(C)(C)C. The summed E-state index contributed by atoms with van der Waals surface area (Å²) in [7, 11) is 1.66. The van der Waals surface area contributed by atoms with Gasteiger partial charge in [-0.2, -0.15) is 0 Å². The Labute approximate surface area is 121 Å². The average molecular weight is 278 g/mol. The number of benzene rings is 1. The predicted octanol–water partition coefficient (Wildman–Crippen LogP) is 2.55. The topological polar surface area (TPSA) is 50.4 Å². The molecule has 0 atom stereocenters. The zero-order chi connectivity index (χ0) is 15.0. The summed E-state index contributed by atoms with van der Waals surface area (Å²) in [5, 5.41) is 6.08. The Hall–Kier alpha value is -1.55. The first-order valence-electron chi connectivity index (χ1n) is 7.04. The van der Waals surface area contributed by atoms with E-state index >= 15 is 0 Å². The van der Waals surface area contributed by atoms with Crippen molar-refractivity contribution >= 4 is 11.6 Å². The lowest BCUT2D eigenvalue weighted by molar-refractivity contribution is -0.119. The molecule has 20 heavy (non-hydrogen) atoms. The molecule has 0 saturated carbocycles. The molecular weight excluding hydrogens is 252 g/mol. The monoisotopic (exact) mass is 278 g/mol. The van der Waals surface area contributed by atoms with Crippen molar-refractivity contribution in [3.63, 3.8) is 0 Å². The third-order valence-electron chi connectivity index (χ3n) is 3.02. The molecule has 0 heterocycles. The molecule has 1 aromatic carbocycles. The van der Waals surface area contributed by atoms with Crippen LogP contribution < -0.4 is 10.6 Å².